The second-order valence-corrected chi connectivity index (χ2v) is 3.97. The Kier molecular flexibility index (Phi) is 3.33. The van der Waals surface area contributed by atoms with Crippen LogP contribution in [0.25, 0.3) is 0 Å². The van der Waals surface area contributed by atoms with Crippen LogP contribution in [0.1, 0.15) is 18.6 Å². The van der Waals surface area contributed by atoms with Crippen molar-refractivity contribution >= 4 is 0 Å². The lowest BCUT2D eigenvalue weighted by atomic mass is 10.3. The fourth-order valence-corrected chi connectivity index (χ4v) is 1.91. The van der Waals surface area contributed by atoms with E-state index in [1.165, 1.54) is 0 Å². The van der Waals surface area contributed by atoms with Gasteiger partial charge in [0, 0.05) is 39.6 Å². The smallest absolute Gasteiger partial charge is 0.146 e. The van der Waals surface area contributed by atoms with Gasteiger partial charge in [0.2, 0.25) is 0 Å². The standard InChI is InChI=1S/C10H19N5/c1-3-9-12-13-10(14(9)2)8-15-6-4-11-5-7-15/h11H,3-8H2,1-2H3. The third kappa shape index (κ3) is 2.35. The molecule has 1 aromatic rings. The monoisotopic (exact) mass is 209 g/mol. The van der Waals surface area contributed by atoms with Crippen LogP contribution >= 0.6 is 0 Å². The molecule has 15 heavy (non-hydrogen) atoms. The predicted molar refractivity (Wildman–Crippen MR) is 58.5 cm³/mol. The molecule has 1 N–H and O–H groups in total. The summed E-state index contributed by atoms with van der Waals surface area (Å²) < 4.78 is 2.11. The molecule has 0 unspecified atom stereocenters. The molecule has 0 atom stereocenters. The molecule has 0 spiro atoms. The first-order valence-electron chi connectivity index (χ1n) is 5.61. The van der Waals surface area contributed by atoms with Crippen molar-refractivity contribution in [2.75, 3.05) is 26.2 Å². The first-order chi connectivity index (χ1) is 7.31. The van der Waals surface area contributed by atoms with Gasteiger partial charge in [-0.15, -0.1) is 10.2 Å². The number of piperazine rings is 1. The molecule has 2 rings (SSSR count). The van der Waals surface area contributed by atoms with Gasteiger partial charge in [-0.2, -0.15) is 0 Å². The van der Waals surface area contributed by atoms with Crippen molar-refractivity contribution in [3.8, 4) is 0 Å². The molecule has 0 radical (unpaired) electrons. The Labute approximate surface area is 90.5 Å². The van der Waals surface area contributed by atoms with E-state index in [1.807, 2.05) is 0 Å². The van der Waals surface area contributed by atoms with E-state index < -0.39 is 0 Å². The van der Waals surface area contributed by atoms with Crippen LogP contribution in [0.3, 0.4) is 0 Å². The summed E-state index contributed by atoms with van der Waals surface area (Å²) in [6.45, 7) is 7.41. The number of hydrogen-bond donors (Lipinski definition) is 1. The SMILES string of the molecule is CCc1nnc(CN2CCNCC2)n1C. The average molecular weight is 209 g/mol. The minimum atomic E-state index is 0.922. The van der Waals surface area contributed by atoms with E-state index in [2.05, 4.69) is 39.0 Å². The number of hydrogen-bond acceptors (Lipinski definition) is 4. The number of aryl methyl sites for hydroxylation is 1. The molecule has 0 bridgehead atoms. The van der Waals surface area contributed by atoms with E-state index in [0.29, 0.717) is 0 Å². The first-order valence-corrected chi connectivity index (χ1v) is 5.61. The normalized spacial score (nSPS) is 18.3. The molecule has 1 fully saturated rings. The quantitative estimate of drug-likeness (QED) is 0.748. The van der Waals surface area contributed by atoms with E-state index in [9.17, 15) is 0 Å². The summed E-state index contributed by atoms with van der Waals surface area (Å²) >= 11 is 0. The Hall–Kier alpha value is -0.940. The highest BCUT2D eigenvalue weighted by Gasteiger charge is 2.14. The van der Waals surface area contributed by atoms with E-state index in [1.54, 1.807) is 0 Å². The zero-order chi connectivity index (χ0) is 10.7. The van der Waals surface area contributed by atoms with Crippen LogP contribution in [0.15, 0.2) is 0 Å². The maximum absolute atomic E-state index is 4.23. The van der Waals surface area contributed by atoms with Crippen LogP contribution in [-0.4, -0.2) is 45.8 Å². The number of rotatable bonds is 3. The van der Waals surface area contributed by atoms with Gasteiger partial charge in [0.1, 0.15) is 11.6 Å². The number of aromatic nitrogens is 3. The van der Waals surface area contributed by atoms with Gasteiger partial charge in [-0.25, -0.2) is 0 Å². The molecule has 1 saturated heterocycles. The highest BCUT2D eigenvalue weighted by atomic mass is 15.3. The van der Waals surface area contributed by atoms with E-state index in [0.717, 1.165) is 50.8 Å². The molecule has 1 aliphatic rings. The summed E-state index contributed by atoms with van der Waals surface area (Å²) in [6.07, 6.45) is 0.949. The van der Waals surface area contributed by atoms with Gasteiger partial charge in [0.25, 0.3) is 0 Å². The summed E-state index contributed by atoms with van der Waals surface area (Å²) in [5, 5.41) is 11.7. The molecule has 84 valence electrons. The van der Waals surface area contributed by atoms with Crippen LogP contribution in [0.2, 0.25) is 0 Å². The Bertz CT molecular complexity index is 314. The van der Waals surface area contributed by atoms with Crippen molar-refractivity contribution in [2.45, 2.75) is 19.9 Å². The molecule has 2 heterocycles. The molecule has 1 aliphatic heterocycles. The fourth-order valence-electron chi connectivity index (χ4n) is 1.91. The van der Waals surface area contributed by atoms with Gasteiger partial charge < -0.3 is 9.88 Å². The number of nitrogens with one attached hydrogen (secondary N) is 1. The highest BCUT2D eigenvalue weighted by molar-refractivity contribution is 4.94. The first kappa shape index (κ1) is 10.6. The lowest BCUT2D eigenvalue weighted by Crippen LogP contribution is -2.43. The van der Waals surface area contributed by atoms with Crippen molar-refractivity contribution in [1.29, 1.82) is 0 Å². The summed E-state index contributed by atoms with van der Waals surface area (Å²) in [6, 6.07) is 0. The van der Waals surface area contributed by atoms with Crippen molar-refractivity contribution in [2.24, 2.45) is 7.05 Å². The van der Waals surface area contributed by atoms with Gasteiger partial charge in [-0.3, -0.25) is 4.90 Å². The van der Waals surface area contributed by atoms with E-state index in [4.69, 9.17) is 0 Å². The largest absolute Gasteiger partial charge is 0.317 e. The van der Waals surface area contributed by atoms with Crippen LogP contribution < -0.4 is 5.32 Å². The molecule has 0 aliphatic carbocycles. The molecular formula is C10H19N5. The minimum Gasteiger partial charge on any atom is -0.317 e. The maximum atomic E-state index is 4.23. The molecule has 5 nitrogen and oxygen atoms in total. The summed E-state index contributed by atoms with van der Waals surface area (Å²) in [5.41, 5.74) is 0. The Balaban J connectivity index is 2.00. The van der Waals surface area contributed by atoms with E-state index in [-0.39, 0.29) is 0 Å². The lowest BCUT2D eigenvalue weighted by Gasteiger charge is -2.26. The molecule has 1 aromatic heterocycles. The van der Waals surface area contributed by atoms with Gasteiger partial charge in [0.15, 0.2) is 0 Å². The van der Waals surface area contributed by atoms with Crippen LogP contribution in [-0.2, 0) is 20.0 Å². The van der Waals surface area contributed by atoms with Crippen molar-refractivity contribution in [1.82, 2.24) is 25.0 Å². The second kappa shape index (κ2) is 4.72. The minimum absolute atomic E-state index is 0.922. The summed E-state index contributed by atoms with van der Waals surface area (Å²) in [4.78, 5) is 2.42. The molecule has 0 aromatic carbocycles. The Morgan fingerprint density at radius 3 is 2.47 bits per heavy atom. The zero-order valence-corrected chi connectivity index (χ0v) is 9.53. The summed E-state index contributed by atoms with van der Waals surface area (Å²) in [7, 11) is 2.05. The third-order valence-electron chi connectivity index (χ3n) is 2.95. The Morgan fingerprint density at radius 2 is 1.87 bits per heavy atom. The Morgan fingerprint density at radius 1 is 1.20 bits per heavy atom. The third-order valence-corrected chi connectivity index (χ3v) is 2.95. The average Bonchev–Trinajstić information content (AvgIpc) is 2.62. The zero-order valence-electron chi connectivity index (χ0n) is 9.53. The summed E-state index contributed by atoms with van der Waals surface area (Å²) in [5.74, 6) is 2.15. The van der Waals surface area contributed by atoms with Crippen molar-refractivity contribution in [3.05, 3.63) is 11.6 Å². The highest BCUT2D eigenvalue weighted by Crippen LogP contribution is 2.04. The maximum Gasteiger partial charge on any atom is 0.146 e. The van der Waals surface area contributed by atoms with Gasteiger partial charge in [0.05, 0.1) is 6.54 Å². The van der Waals surface area contributed by atoms with Crippen LogP contribution in [0.4, 0.5) is 0 Å². The molecule has 5 heteroatoms. The van der Waals surface area contributed by atoms with Gasteiger partial charge in [-0.1, -0.05) is 6.92 Å². The van der Waals surface area contributed by atoms with Crippen molar-refractivity contribution in [3.63, 3.8) is 0 Å². The topological polar surface area (TPSA) is 46.0 Å². The molecule has 0 saturated carbocycles. The van der Waals surface area contributed by atoms with Crippen molar-refractivity contribution < 1.29 is 0 Å². The van der Waals surface area contributed by atoms with Crippen LogP contribution in [0, 0.1) is 0 Å². The lowest BCUT2D eigenvalue weighted by molar-refractivity contribution is 0.225. The molecular weight excluding hydrogens is 190 g/mol. The van der Waals surface area contributed by atoms with Gasteiger partial charge >= 0.3 is 0 Å². The number of nitrogens with zero attached hydrogens (tertiary/aromatic N) is 4. The fraction of sp³-hybridized carbons (Fsp3) is 0.800. The predicted octanol–water partition coefficient (Wildman–Crippen LogP) is -0.217. The van der Waals surface area contributed by atoms with Crippen LogP contribution in [0.5, 0.6) is 0 Å². The molecule has 0 amide bonds. The van der Waals surface area contributed by atoms with Gasteiger partial charge in [-0.05, 0) is 0 Å². The van der Waals surface area contributed by atoms with E-state index >= 15 is 0 Å². The second-order valence-electron chi connectivity index (χ2n) is 3.97.